The van der Waals surface area contributed by atoms with Crippen molar-refractivity contribution >= 4 is 27.7 Å². The maximum absolute atomic E-state index is 14.4. The lowest BCUT2D eigenvalue weighted by molar-refractivity contribution is -0.111. The van der Waals surface area contributed by atoms with E-state index in [-0.39, 0.29) is 32.0 Å². The molecule has 0 radical (unpaired) electrons. The van der Waals surface area contributed by atoms with Gasteiger partial charge < -0.3 is 10.1 Å². The van der Waals surface area contributed by atoms with Crippen LogP contribution in [-0.2, 0) is 19.6 Å². The molecule has 1 aromatic heterocycles. The number of sulfonamides is 1. The zero-order valence-corrected chi connectivity index (χ0v) is 19.7. The largest absolute Gasteiger partial charge is 0.379 e. The van der Waals surface area contributed by atoms with Gasteiger partial charge in [-0.05, 0) is 50.3 Å². The van der Waals surface area contributed by atoms with Crippen LogP contribution >= 0.6 is 0 Å². The van der Waals surface area contributed by atoms with Crippen molar-refractivity contribution in [2.45, 2.75) is 18.7 Å². The van der Waals surface area contributed by atoms with Gasteiger partial charge in [-0.25, -0.2) is 17.5 Å². The van der Waals surface area contributed by atoms with Crippen LogP contribution in [0.15, 0.2) is 59.5 Å². The van der Waals surface area contributed by atoms with Crippen molar-refractivity contribution in [2.24, 2.45) is 0 Å². The van der Waals surface area contributed by atoms with Gasteiger partial charge in [-0.3, -0.25) is 4.79 Å². The number of ether oxygens (including phenoxy) is 1. The fourth-order valence-electron chi connectivity index (χ4n) is 3.76. The minimum atomic E-state index is -4.04. The molecule has 1 aliphatic heterocycles. The first-order chi connectivity index (χ1) is 16.3. The number of hydrogen-bond acceptors (Lipinski definition) is 5. The number of aryl methyl sites for hydroxylation is 1. The highest BCUT2D eigenvalue weighted by molar-refractivity contribution is 7.89. The number of rotatable bonds is 6. The summed E-state index contributed by atoms with van der Waals surface area (Å²) in [4.78, 5) is 12.1. The summed E-state index contributed by atoms with van der Waals surface area (Å²) < 4.78 is 48.2. The molecule has 1 amide bonds. The molecule has 4 rings (SSSR count). The van der Waals surface area contributed by atoms with Crippen LogP contribution in [0.5, 0.6) is 0 Å². The maximum Gasteiger partial charge on any atom is 0.248 e. The van der Waals surface area contributed by atoms with Crippen LogP contribution in [-0.4, -0.2) is 54.7 Å². The number of morpholine rings is 1. The molecule has 0 saturated carbocycles. The fourth-order valence-corrected chi connectivity index (χ4v) is 5.26. The van der Waals surface area contributed by atoms with Gasteiger partial charge >= 0.3 is 0 Å². The minimum absolute atomic E-state index is 0.149. The Hall–Kier alpha value is -3.34. The van der Waals surface area contributed by atoms with Crippen molar-refractivity contribution in [3.05, 3.63) is 77.4 Å². The smallest absolute Gasteiger partial charge is 0.248 e. The normalized spacial score (nSPS) is 15.0. The van der Waals surface area contributed by atoms with E-state index < -0.39 is 26.6 Å². The number of benzene rings is 2. The molecule has 1 fully saturated rings. The van der Waals surface area contributed by atoms with Gasteiger partial charge in [-0.1, -0.05) is 18.2 Å². The van der Waals surface area contributed by atoms with Gasteiger partial charge in [0.25, 0.3) is 0 Å². The lowest BCUT2D eigenvalue weighted by atomic mass is 10.2. The average Bonchev–Trinajstić information content (AvgIpc) is 3.13. The van der Waals surface area contributed by atoms with Gasteiger partial charge in [0.2, 0.25) is 15.9 Å². The molecule has 0 aliphatic carbocycles. The van der Waals surface area contributed by atoms with Crippen LogP contribution < -0.4 is 5.32 Å². The maximum atomic E-state index is 14.4. The van der Waals surface area contributed by atoms with Crippen molar-refractivity contribution in [3.63, 3.8) is 0 Å². The SMILES string of the molecule is Cc1nn(-c2ccccc2)c(C)c1/C=C/C(=O)Nc1ccc(F)c(S(=O)(=O)N2CCOCC2)c1. The first-order valence-corrected chi connectivity index (χ1v) is 12.2. The molecule has 8 nitrogen and oxygen atoms in total. The van der Waals surface area contributed by atoms with Crippen molar-refractivity contribution in [3.8, 4) is 5.69 Å². The van der Waals surface area contributed by atoms with E-state index in [0.717, 1.165) is 34.8 Å². The van der Waals surface area contributed by atoms with E-state index in [2.05, 4.69) is 10.4 Å². The molecular weight excluding hydrogens is 459 g/mol. The van der Waals surface area contributed by atoms with Gasteiger partial charge in [-0.2, -0.15) is 9.40 Å². The first-order valence-electron chi connectivity index (χ1n) is 10.8. The zero-order valence-electron chi connectivity index (χ0n) is 18.9. The van der Waals surface area contributed by atoms with Crippen LogP contribution in [0.25, 0.3) is 11.8 Å². The predicted octanol–water partition coefficient (Wildman–Crippen LogP) is 3.30. The Morgan fingerprint density at radius 2 is 1.82 bits per heavy atom. The third kappa shape index (κ3) is 4.93. The van der Waals surface area contributed by atoms with E-state index >= 15 is 0 Å². The van der Waals surface area contributed by atoms with Crippen LogP contribution in [0, 0.1) is 19.7 Å². The lowest BCUT2D eigenvalue weighted by Crippen LogP contribution is -2.40. The summed E-state index contributed by atoms with van der Waals surface area (Å²) in [7, 11) is -4.04. The van der Waals surface area contributed by atoms with E-state index in [1.807, 2.05) is 44.2 Å². The molecule has 2 heterocycles. The molecular formula is C24H25FN4O4S. The van der Waals surface area contributed by atoms with Crippen molar-refractivity contribution < 1.29 is 22.3 Å². The number of carbonyl (C=O) groups excluding carboxylic acids is 1. The summed E-state index contributed by atoms with van der Waals surface area (Å²) in [6.07, 6.45) is 2.99. The van der Waals surface area contributed by atoms with E-state index in [1.165, 1.54) is 16.4 Å². The predicted molar refractivity (Wildman–Crippen MR) is 127 cm³/mol. The fraction of sp³-hybridized carbons (Fsp3) is 0.250. The molecule has 10 heteroatoms. The zero-order chi connectivity index (χ0) is 24.3. The number of para-hydroxylation sites is 1. The number of carbonyl (C=O) groups is 1. The Morgan fingerprint density at radius 1 is 1.12 bits per heavy atom. The first kappa shape index (κ1) is 23.8. The van der Waals surface area contributed by atoms with Crippen LogP contribution in [0.3, 0.4) is 0 Å². The topological polar surface area (TPSA) is 93.5 Å². The molecule has 1 aliphatic rings. The molecule has 0 bridgehead atoms. The summed E-state index contributed by atoms with van der Waals surface area (Å²) >= 11 is 0. The number of halogens is 1. The number of hydrogen-bond donors (Lipinski definition) is 1. The number of amides is 1. The number of aromatic nitrogens is 2. The monoisotopic (exact) mass is 484 g/mol. The molecule has 1 saturated heterocycles. The van der Waals surface area contributed by atoms with Crippen molar-refractivity contribution in [1.82, 2.24) is 14.1 Å². The highest BCUT2D eigenvalue weighted by Gasteiger charge is 2.29. The molecule has 34 heavy (non-hydrogen) atoms. The summed E-state index contributed by atoms with van der Waals surface area (Å²) in [6, 6.07) is 13.1. The molecule has 3 aromatic rings. The Labute approximate surface area is 197 Å². The Morgan fingerprint density at radius 3 is 2.53 bits per heavy atom. The van der Waals surface area contributed by atoms with Crippen LogP contribution in [0.4, 0.5) is 10.1 Å². The molecule has 0 atom stereocenters. The summed E-state index contributed by atoms with van der Waals surface area (Å²) in [5.74, 6) is -1.35. The Kier molecular flexibility index (Phi) is 6.92. The Balaban J connectivity index is 1.52. The summed E-state index contributed by atoms with van der Waals surface area (Å²) in [6.45, 7) is 4.57. The van der Waals surface area contributed by atoms with Gasteiger partial charge in [0.1, 0.15) is 10.7 Å². The van der Waals surface area contributed by atoms with Gasteiger partial charge in [0, 0.05) is 36.1 Å². The molecule has 0 unspecified atom stereocenters. The number of anilines is 1. The number of nitrogens with zero attached hydrogens (tertiary/aromatic N) is 3. The standard InChI is InChI=1S/C24H25FN4O4S/c1-17-21(18(2)29(27-17)20-6-4-3-5-7-20)9-11-24(30)26-19-8-10-22(25)23(16-19)34(31,32)28-12-14-33-15-13-28/h3-11,16H,12-15H2,1-2H3,(H,26,30)/b11-9+. The third-order valence-corrected chi connectivity index (χ3v) is 7.45. The second-order valence-corrected chi connectivity index (χ2v) is 9.72. The second kappa shape index (κ2) is 9.88. The summed E-state index contributed by atoms with van der Waals surface area (Å²) in [5.41, 5.74) is 3.51. The molecule has 2 aromatic carbocycles. The van der Waals surface area contributed by atoms with E-state index in [0.29, 0.717) is 0 Å². The molecule has 178 valence electrons. The average molecular weight is 485 g/mol. The van der Waals surface area contributed by atoms with Crippen molar-refractivity contribution in [2.75, 3.05) is 31.6 Å². The quantitative estimate of drug-likeness (QED) is 0.542. The molecule has 1 N–H and O–H groups in total. The third-order valence-electron chi connectivity index (χ3n) is 5.54. The van der Waals surface area contributed by atoms with Crippen LogP contribution in [0.2, 0.25) is 0 Å². The van der Waals surface area contributed by atoms with E-state index in [4.69, 9.17) is 4.74 Å². The number of nitrogens with one attached hydrogen (secondary N) is 1. The minimum Gasteiger partial charge on any atom is -0.379 e. The van der Waals surface area contributed by atoms with E-state index in [9.17, 15) is 17.6 Å². The van der Waals surface area contributed by atoms with Gasteiger partial charge in [0.05, 0.1) is 24.6 Å². The van der Waals surface area contributed by atoms with Gasteiger partial charge in [0.15, 0.2) is 0 Å². The highest BCUT2D eigenvalue weighted by atomic mass is 32.2. The second-order valence-electron chi connectivity index (χ2n) is 7.82. The Bertz CT molecular complexity index is 1330. The van der Waals surface area contributed by atoms with Crippen molar-refractivity contribution in [1.29, 1.82) is 0 Å². The summed E-state index contributed by atoms with van der Waals surface area (Å²) in [5, 5.41) is 7.15. The van der Waals surface area contributed by atoms with Crippen LogP contribution in [0.1, 0.15) is 17.0 Å². The van der Waals surface area contributed by atoms with E-state index in [1.54, 1.807) is 10.8 Å². The molecule has 0 spiro atoms. The highest BCUT2D eigenvalue weighted by Crippen LogP contribution is 2.24. The van der Waals surface area contributed by atoms with Gasteiger partial charge in [-0.15, -0.1) is 0 Å². The lowest BCUT2D eigenvalue weighted by Gasteiger charge is -2.26.